The molecule has 0 bridgehead atoms. The van der Waals surface area contributed by atoms with Crippen LogP contribution < -0.4 is 5.32 Å². The molecular weight excluding hydrogens is 482 g/mol. The van der Waals surface area contributed by atoms with Gasteiger partial charge >= 0.3 is 18.3 Å². The van der Waals surface area contributed by atoms with Crippen molar-refractivity contribution in [2.75, 3.05) is 26.0 Å². The van der Waals surface area contributed by atoms with E-state index in [2.05, 4.69) is 10.1 Å². The van der Waals surface area contributed by atoms with Crippen molar-refractivity contribution in [3.8, 4) is 0 Å². The standard InChI is InChI=1S/C19H16F6N2O5S/c1-27(2)33(30,31)15-5-3-4-14(9-15)26-16(28)10-32-17(29)11-6-12(18(20,21)22)8-13(7-11)19(23,24)25/h3-9H,10H2,1-2H3,(H,26,28). The van der Waals surface area contributed by atoms with E-state index in [1.165, 1.54) is 32.3 Å². The van der Waals surface area contributed by atoms with Crippen molar-refractivity contribution in [3.05, 3.63) is 59.2 Å². The summed E-state index contributed by atoms with van der Waals surface area (Å²) in [6.45, 7) is -1.05. The first-order valence-corrected chi connectivity index (χ1v) is 10.2. The zero-order valence-corrected chi connectivity index (χ0v) is 17.7. The molecule has 0 heterocycles. The summed E-state index contributed by atoms with van der Waals surface area (Å²) in [5, 5.41) is 2.21. The van der Waals surface area contributed by atoms with Gasteiger partial charge in [-0.25, -0.2) is 17.5 Å². The van der Waals surface area contributed by atoms with Gasteiger partial charge in [0, 0.05) is 19.8 Å². The number of hydrogen-bond acceptors (Lipinski definition) is 5. The number of amides is 1. The molecule has 0 atom stereocenters. The van der Waals surface area contributed by atoms with Gasteiger partial charge < -0.3 is 10.1 Å². The van der Waals surface area contributed by atoms with Crippen LogP contribution in [-0.2, 0) is 31.9 Å². The lowest BCUT2D eigenvalue weighted by Gasteiger charge is -2.14. The van der Waals surface area contributed by atoms with Crippen molar-refractivity contribution < 1.29 is 49.1 Å². The summed E-state index contributed by atoms with van der Waals surface area (Å²) in [6.07, 6.45) is -10.3. The minimum Gasteiger partial charge on any atom is -0.452 e. The third-order valence-electron chi connectivity index (χ3n) is 4.05. The first-order chi connectivity index (χ1) is 15.0. The Balaban J connectivity index is 2.15. The van der Waals surface area contributed by atoms with Gasteiger partial charge in [-0.3, -0.25) is 4.79 Å². The van der Waals surface area contributed by atoms with Crippen molar-refractivity contribution in [1.29, 1.82) is 0 Å². The number of esters is 1. The van der Waals surface area contributed by atoms with Gasteiger partial charge in [0.15, 0.2) is 6.61 Å². The van der Waals surface area contributed by atoms with Gasteiger partial charge in [0.2, 0.25) is 10.0 Å². The van der Waals surface area contributed by atoms with Crippen LogP contribution in [0, 0.1) is 0 Å². The third-order valence-corrected chi connectivity index (χ3v) is 5.87. The van der Waals surface area contributed by atoms with Crippen molar-refractivity contribution in [2.45, 2.75) is 17.2 Å². The maximum Gasteiger partial charge on any atom is 0.416 e. The van der Waals surface area contributed by atoms with Gasteiger partial charge in [-0.1, -0.05) is 6.07 Å². The molecule has 7 nitrogen and oxygen atoms in total. The highest BCUT2D eigenvalue weighted by molar-refractivity contribution is 7.89. The number of carbonyl (C=O) groups excluding carboxylic acids is 2. The number of benzene rings is 2. The highest BCUT2D eigenvalue weighted by Gasteiger charge is 2.37. The van der Waals surface area contributed by atoms with E-state index in [1.54, 1.807) is 0 Å². The molecule has 180 valence electrons. The highest BCUT2D eigenvalue weighted by Crippen LogP contribution is 2.36. The maximum absolute atomic E-state index is 12.9. The van der Waals surface area contributed by atoms with Crippen molar-refractivity contribution in [3.63, 3.8) is 0 Å². The number of ether oxygens (including phenoxy) is 1. The molecule has 0 unspecified atom stereocenters. The Morgan fingerprint density at radius 1 is 0.939 bits per heavy atom. The van der Waals surface area contributed by atoms with Crippen molar-refractivity contribution in [2.24, 2.45) is 0 Å². The van der Waals surface area contributed by atoms with E-state index in [4.69, 9.17) is 0 Å². The summed E-state index contributed by atoms with van der Waals surface area (Å²) in [7, 11) is -1.24. The fraction of sp³-hybridized carbons (Fsp3) is 0.263. The van der Waals surface area contributed by atoms with E-state index in [0.717, 1.165) is 10.4 Å². The predicted molar refractivity (Wildman–Crippen MR) is 103 cm³/mol. The number of rotatable bonds is 6. The van der Waals surface area contributed by atoms with E-state index < -0.39 is 57.5 Å². The zero-order chi connectivity index (χ0) is 25.2. The van der Waals surface area contributed by atoms with E-state index in [9.17, 15) is 44.3 Å². The largest absolute Gasteiger partial charge is 0.452 e. The summed E-state index contributed by atoms with van der Waals surface area (Å²) >= 11 is 0. The van der Waals surface area contributed by atoms with Crippen LogP contribution >= 0.6 is 0 Å². The van der Waals surface area contributed by atoms with Crippen LogP contribution in [0.1, 0.15) is 21.5 Å². The molecule has 33 heavy (non-hydrogen) atoms. The zero-order valence-electron chi connectivity index (χ0n) is 16.9. The molecule has 0 aliphatic carbocycles. The number of nitrogens with zero attached hydrogens (tertiary/aromatic N) is 1. The predicted octanol–water partition coefficient (Wildman–Crippen LogP) is 3.77. The summed E-state index contributed by atoms with van der Waals surface area (Å²) in [5.74, 6) is -2.60. The van der Waals surface area contributed by atoms with Gasteiger partial charge in [0.1, 0.15) is 0 Å². The van der Waals surface area contributed by atoms with Crippen molar-refractivity contribution >= 4 is 27.6 Å². The second-order valence-electron chi connectivity index (χ2n) is 6.73. The van der Waals surface area contributed by atoms with Gasteiger partial charge in [-0.15, -0.1) is 0 Å². The Morgan fingerprint density at radius 2 is 1.48 bits per heavy atom. The molecule has 2 aromatic rings. The van der Waals surface area contributed by atoms with Crippen LogP contribution in [0.25, 0.3) is 0 Å². The smallest absolute Gasteiger partial charge is 0.416 e. The maximum atomic E-state index is 12.9. The Kier molecular flexibility index (Phi) is 7.43. The Labute approximate surface area is 184 Å². The summed E-state index contributed by atoms with van der Waals surface area (Å²) in [4.78, 5) is 23.8. The Bertz CT molecular complexity index is 1130. The molecule has 1 N–H and O–H groups in total. The molecule has 0 aliphatic rings. The molecule has 0 fully saturated rings. The normalized spacial score (nSPS) is 12.5. The number of sulfonamides is 1. The minimum absolute atomic E-state index is 0.00241. The molecule has 2 aromatic carbocycles. The Hall–Kier alpha value is -3.13. The van der Waals surface area contributed by atoms with Crippen LogP contribution in [0.3, 0.4) is 0 Å². The minimum atomic E-state index is -5.16. The van der Waals surface area contributed by atoms with Crippen LogP contribution in [0.4, 0.5) is 32.0 Å². The summed E-state index contributed by atoms with van der Waals surface area (Å²) in [5.41, 5.74) is -4.48. The van der Waals surface area contributed by atoms with E-state index in [1.807, 2.05) is 0 Å². The van der Waals surface area contributed by atoms with E-state index in [0.29, 0.717) is 0 Å². The number of anilines is 1. The van der Waals surface area contributed by atoms with Gasteiger partial charge in [-0.2, -0.15) is 26.3 Å². The van der Waals surface area contributed by atoms with Gasteiger partial charge in [-0.05, 0) is 36.4 Å². The first kappa shape index (κ1) is 26.1. The molecule has 0 aromatic heterocycles. The van der Waals surface area contributed by atoms with Crippen LogP contribution in [0.5, 0.6) is 0 Å². The topological polar surface area (TPSA) is 92.8 Å². The second kappa shape index (κ2) is 9.39. The number of alkyl halides is 6. The van der Waals surface area contributed by atoms with Crippen LogP contribution in [-0.4, -0.2) is 45.3 Å². The average Bonchev–Trinajstić information content (AvgIpc) is 2.70. The molecular formula is C19H16F6N2O5S. The molecule has 0 aliphatic heterocycles. The molecule has 0 spiro atoms. The first-order valence-electron chi connectivity index (χ1n) is 8.81. The SMILES string of the molecule is CN(C)S(=O)(=O)c1cccc(NC(=O)COC(=O)c2cc(C(F)(F)F)cc(C(F)(F)F)c2)c1. The number of halogens is 6. The molecule has 14 heteroatoms. The Morgan fingerprint density at radius 3 is 1.97 bits per heavy atom. The molecule has 1 amide bonds. The number of hydrogen-bond donors (Lipinski definition) is 1. The van der Waals surface area contributed by atoms with Crippen LogP contribution in [0.2, 0.25) is 0 Å². The lowest BCUT2D eigenvalue weighted by molar-refractivity contribution is -0.143. The lowest BCUT2D eigenvalue weighted by atomic mass is 10.0. The molecule has 2 rings (SSSR count). The molecule has 0 radical (unpaired) electrons. The third kappa shape index (κ3) is 6.68. The fourth-order valence-corrected chi connectivity index (χ4v) is 3.38. The lowest BCUT2D eigenvalue weighted by Crippen LogP contribution is -2.23. The van der Waals surface area contributed by atoms with Gasteiger partial charge in [0.05, 0.1) is 21.6 Å². The average molecular weight is 498 g/mol. The second-order valence-corrected chi connectivity index (χ2v) is 8.89. The quantitative estimate of drug-likeness (QED) is 0.484. The summed E-state index contributed by atoms with van der Waals surface area (Å²) < 4.78 is 107. The fourth-order valence-electron chi connectivity index (χ4n) is 2.43. The monoisotopic (exact) mass is 498 g/mol. The van der Waals surface area contributed by atoms with Crippen molar-refractivity contribution in [1.82, 2.24) is 4.31 Å². The van der Waals surface area contributed by atoms with E-state index >= 15 is 0 Å². The van der Waals surface area contributed by atoms with Crippen LogP contribution in [0.15, 0.2) is 47.4 Å². The molecule has 0 saturated heterocycles. The van der Waals surface area contributed by atoms with E-state index in [-0.39, 0.29) is 28.8 Å². The molecule has 0 saturated carbocycles. The summed E-state index contributed by atoms with van der Waals surface area (Å²) in [6, 6.07) is 5.19. The number of nitrogens with one attached hydrogen (secondary N) is 1. The number of carbonyl (C=O) groups is 2. The van der Waals surface area contributed by atoms with Gasteiger partial charge in [0.25, 0.3) is 5.91 Å². The highest BCUT2D eigenvalue weighted by atomic mass is 32.2.